The maximum absolute atomic E-state index is 14.4. The number of hydrogen-bond acceptors (Lipinski definition) is 6. The van der Waals surface area contributed by atoms with Crippen molar-refractivity contribution in [2.24, 2.45) is 5.41 Å². The third kappa shape index (κ3) is 6.15. The molecular formula is C38H50N4O5S. The molecule has 2 saturated heterocycles. The van der Waals surface area contributed by atoms with E-state index < -0.39 is 26.6 Å². The van der Waals surface area contributed by atoms with Crippen LogP contribution in [0.3, 0.4) is 0 Å². The molecule has 0 radical (unpaired) electrons. The van der Waals surface area contributed by atoms with Gasteiger partial charge in [-0.15, -0.1) is 0 Å². The third-order valence-corrected chi connectivity index (χ3v) is 13.4. The number of rotatable bonds is 9. The van der Waals surface area contributed by atoms with Gasteiger partial charge in [0.2, 0.25) is 15.9 Å². The van der Waals surface area contributed by atoms with Crippen molar-refractivity contribution in [2.75, 3.05) is 26.7 Å². The molecule has 48 heavy (non-hydrogen) atoms. The van der Waals surface area contributed by atoms with Crippen molar-refractivity contribution in [3.63, 3.8) is 0 Å². The number of sulfonamides is 1. The molecule has 10 heteroatoms. The van der Waals surface area contributed by atoms with Gasteiger partial charge in [0.05, 0.1) is 23.5 Å². The van der Waals surface area contributed by atoms with Crippen LogP contribution in [0.15, 0.2) is 42.5 Å². The van der Waals surface area contributed by atoms with E-state index in [4.69, 9.17) is 4.74 Å². The van der Waals surface area contributed by atoms with Gasteiger partial charge in [-0.1, -0.05) is 25.3 Å². The summed E-state index contributed by atoms with van der Waals surface area (Å²) in [7, 11) is -2.14. The average Bonchev–Trinajstić information content (AvgIpc) is 3.63. The fraction of sp³-hybridized carbons (Fsp3) is 0.579. The van der Waals surface area contributed by atoms with E-state index in [-0.39, 0.29) is 11.4 Å². The Morgan fingerprint density at radius 2 is 1.67 bits per heavy atom. The normalized spacial score (nSPS) is 20.8. The second-order valence-electron chi connectivity index (χ2n) is 15.1. The van der Waals surface area contributed by atoms with Crippen LogP contribution in [0.1, 0.15) is 106 Å². The number of likely N-dealkylation sites (tertiary alicyclic amines) is 1. The van der Waals surface area contributed by atoms with Gasteiger partial charge in [-0.25, -0.2) is 13.1 Å². The Bertz CT molecular complexity index is 1790. The molecule has 2 aromatic carbocycles. The number of methoxy groups -OCH3 is 1. The standard InChI is InChI=1S/C38H50N4O5S/c1-26(2)48(45,46)40-35(43)29-12-15-31-32(24-29)42(25-37(17-18-37)36(44)41-22-19-38(20-23-41)16-7-21-39-38)34(28-10-13-30(47-3)14-11-28)33(31)27-8-5-4-6-9-27/h10-15,24,26-27,39H,4-9,16-23,25H2,1-3H3,(H,40,43). The molecule has 1 spiro atoms. The molecule has 9 nitrogen and oxygen atoms in total. The summed E-state index contributed by atoms with van der Waals surface area (Å²) in [5.74, 6) is 0.737. The number of nitrogens with one attached hydrogen (secondary N) is 2. The Kier molecular flexibility index (Phi) is 8.85. The van der Waals surface area contributed by atoms with Crippen LogP contribution in [0.25, 0.3) is 22.2 Å². The van der Waals surface area contributed by atoms with E-state index in [0.29, 0.717) is 18.0 Å². The van der Waals surface area contributed by atoms with Gasteiger partial charge in [0.1, 0.15) is 5.75 Å². The van der Waals surface area contributed by atoms with Crippen LogP contribution in [-0.4, -0.2) is 67.2 Å². The van der Waals surface area contributed by atoms with E-state index in [9.17, 15) is 18.0 Å². The molecule has 2 aliphatic carbocycles. The summed E-state index contributed by atoms with van der Waals surface area (Å²) in [6, 6.07) is 13.8. The van der Waals surface area contributed by atoms with E-state index in [1.165, 1.54) is 37.7 Å². The number of benzene rings is 2. The highest BCUT2D eigenvalue weighted by atomic mass is 32.2. The number of ether oxygens (including phenoxy) is 1. The summed E-state index contributed by atoms with van der Waals surface area (Å²) in [6.45, 7) is 6.27. The van der Waals surface area contributed by atoms with Crippen LogP contribution in [0.2, 0.25) is 0 Å². The van der Waals surface area contributed by atoms with Crippen LogP contribution in [-0.2, 0) is 21.4 Å². The zero-order chi connectivity index (χ0) is 33.7. The van der Waals surface area contributed by atoms with Gasteiger partial charge in [0, 0.05) is 41.6 Å². The predicted molar refractivity (Wildman–Crippen MR) is 189 cm³/mol. The molecule has 258 valence electrons. The molecule has 2 aliphatic heterocycles. The van der Waals surface area contributed by atoms with Gasteiger partial charge in [-0.05, 0) is 125 Å². The minimum absolute atomic E-state index is 0.195. The molecule has 2 saturated carbocycles. The first-order valence-electron chi connectivity index (χ1n) is 18.0. The van der Waals surface area contributed by atoms with Crippen molar-refractivity contribution < 1.29 is 22.7 Å². The summed E-state index contributed by atoms with van der Waals surface area (Å²) < 4.78 is 35.4. The van der Waals surface area contributed by atoms with Crippen LogP contribution in [0, 0.1) is 5.41 Å². The van der Waals surface area contributed by atoms with Gasteiger partial charge in [0.25, 0.3) is 5.91 Å². The monoisotopic (exact) mass is 674 g/mol. The van der Waals surface area contributed by atoms with Crippen molar-refractivity contribution in [1.82, 2.24) is 19.5 Å². The second-order valence-corrected chi connectivity index (χ2v) is 17.3. The highest BCUT2D eigenvalue weighted by Gasteiger charge is 2.53. The zero-order valence-corrected chi connectivity index (χ0v) is 29.5. The van der Waals surface area contributed by atoms with E-state index in [2.05, 4.69) is 31.6 Å². The number of nitrogens with zero attached hydrogens (tertiary/aromatic N) is 2. The fourth-order valence-corrected chi connectivity index (χ4v) is 9.13. The lowest BCUT2D eigenvalue weighted by Crippen LogP contribution is -2.53. The lowest BCUT2D eigenvalue weighted by molar-refractivity contribution is -0.139. The van der Waals surface area contributed by atoms with Crippen molar-refractivity contribution in [3.8, 4) is 17.0 Å². The largest absolute Gasteiger partial charge is 0.497 e. The molecule has 3 heterocycles. The lowest BCUT2D eigenvalue weighted by atomic mass is 9.81. The molecule has 7 rings (SSSR count). The van der Waals surface area contributed by atoms with Gasteiger partial charge in [-0.3, -0.25) is 9.59 Å². The zero-order valence-electron chi connectivity index (χ0n) is 28.6. The Labute approximate surface area is 284 Å². The van der Waals surface area contributed by atoms with Crippen molar-refractivity contribution in [2.45, 2.75) is 108 Å². The summed E-state index contributed by atoms with van der Waals surface area (Å²) >= 11 is 0. The molecular weight excluding hydrogens is 625 g/mol. The summed E-state index contributed by atoms with van der Waals surface area (Å²) in [4.78, 5) is 29.9. The molecule has 4 aliphatic rings. The predicted octanol–water partition coefficient (Wildman–Crippen LogP) is 6.36. The van der Waals surface area contributed by atoms with Gasteiger partial charge in [-0.2, -0.15) is 0 Å². The van der Waals surface area contributed by atoms with Crippen LogP contribution in [0.4, 0.5) is 0 Å². The molecule has 0 unspecified atom stereocenters. The first-order valence-corrected chi connectivity index (χ1v) is 19.5. The Morgan fingerprint density at radius 3 is 2.27 bits per heavy atom. The van der Waals surface area contributed by atoms with Crippen molar-refractivity contribution in [3.05, 3.63) is 53.6 Å². The van der Waals surface area contributed by atoms with Crippen LogP contribution in [0.5, 0.6) is 5.75 Å². The molecule has 1 aromatic heterocycles. The maximum atomic E-state index is 14.4. The Morgan fingerprint density at radius 1 is 0.958 bits per heavy atom. The van der Waals surface area contributed by atoms with Crippen LogP contribution < -0.4 is 14.8 Å². The lowest BCUT2D eigenvalue weighted by Gasteiger charge is -2.41. The Hall–Kier alpha value is -3.37. The third-order valence-electron chi connectivity index (χ3n) is 11.7. The van der Waals surface area contributed by atoms with E-state index in [1.54, 1.807) is 27.0 Å². The SMILES string of the molecule is COc1ccc(-c2c(C3CCCCC3)c3ccc(C(=O)NS(=O)(=O)C(C)C)cc3n2CC2(C(=O)N3CCC4(CCCN4)CC3)CC2)cc1. The van der Waals surface area contributed by atoms with E-state index >= 15 is 0 Å². The minimum Gasteiger partial charge on any atom is -0.497 e. The van der Waals surface area contributed by atoms with Gasteiger partial charge in [0.15, 0.2) is 0 Å². The highest BCUT2D eigenvalue weighted by molar-refractivity contribution is 7.90. The highest BCUT2D eigenvalue weighted by Crippen LogP contribution is 2.52. The smallest absolute Gasteiger partial charge is 0.264 e. The summed E-state index contributed by atoms with van der Waals surface area (Å²) in [5, 5.41) is 4.07. The van der Waals surface area contributed by atoms with Crippen molar-refractivity contribution in [1.29, 1.82) is 0 Å². The topological polar surface area (TPSA) is 110 Å². The van der Waals surface area contributed by atoms with Gasteiger partial charge >= 0.3 is 0 Å². The van der Waals surface area contributed by atoms with Gasteiger partial charge < -0.3 is 19.5 Å². The second kappa shape index (κ2) is 12.8. The molecule has 0 atom stereocenters. The number of carbonyl (C=O) groups excluding carboxylic acids is 2. The molecule has 4 fully saturated rings. The quantitative estimate of drug-likeness (QED) is 0.274. The number of hydrogen-bond donors (Lipinski definition) is 2. The van der Waals surface area contributed by atoms with Crippen LogP contribution >= 0.6 is 0 Å². The number of aromatic nitrogens is 1. The summed E-state index contributed by atoms with van der Waals surface area (Å²) in [5.41, 5.74) is 4.29. The number of piperidine rings is 1. The van der Waals surface area contributed by atoms with E-state index in [0.717, 1.165) is 86.1 Å². The fourth-order valence-electron chi connectivity index (χ4n) is 8.51. The molecule has 0 bridgehead atoms. The first kappa shape index (κ1) is 33.1. The first-order chi connectivity index (χ1) is 23.0. The number of fused-ring (bicyclic) bond motifs is 1. The average molecular weight is 675 g/mol. The maximum Gasteiger partial charge on any atom is 0.264 e. The minimum atomic E-state index is -3.80. The summed E-state index contributed by atoms with van der Waals surface area (Å²) in [6.07, 6.45) is 11.8. The number of amides is 2. The van der Waals surface area contributed by atoms with Crippen molar-refractivity contribution >= 4 is 32.7 Å². The number of carbonyl (C=O) groups is 2. The molecule has 2 N–H and O–H groups in total. The van der Waals surface area contributed by atoms with E-state index in [1.807, 2.05) is 24.3 Å². The molecule has 2 amide bonds. The Balaban J connectivity index is 1.33. The molecule has 3 aromatic rings.